The van der Waals surface area contributed by atoms with Crippen LogP contribution in [0.15, 0.2) is 59.0 Å². The minimum absolute atomic E-state index is 0.144. The molecule has 0 fully saturated rings. The zero-order chi connectivity index (χ0) is 21.8. The first-order valence-electron chi connectivity index (χ1n) is 9.20. The van der Waals surface area contributed by atoms with Gasteiger partial charge < -0.3 is 15.6 Å². The number of aromatic amines is 1. The first-order valence-corrected chi connectivity index (χ1v) is 11.6. The molecule has 0 aliphatic rings. The Labute approximate surface area is 181 Å². The molecule has 4 aromatic rings. The van der Waals surface area contributed by atoms with Gasteiger partial charge in [0, 0.05) is 29.5 Å². The van der Waals surface area contributed by atoms with Crippen molar-refractivity contribution in [3.63, 3.8) is 0 Å². The number of nitrogens with one attached hydrogen (secondary N) is 3. The zero-order valence-electron chi connectivity index (χ0n) is 16.1. The van der Waals surface area contributed by atoms with E-state index in [-0.39, 0.29) is 16.6 Å². The monoisotopic (exact) mass is 458 g/mol. The summed E-state index contributed by atoms with van der Waals surface area (Å²) in [4.78, 5) is 27.3. The standard InChI is InChI=1S/C19H18N6O4S2/c26-16(9-30-19-17-18(23-10-22-17)24-11-25-19)21-8-7-20-14-5-1-4-13-12(14)3-2-6-15(13)31(27,28)29/h1-6,10-11,20H,7-9H2,(H,21,26)(H,27,28,29)(H,22,23,24,25). The number of fused-ring (bicyclic) bond motifs is 2. The van der Waals surface area contributed by atoms with Crippen molar-refractivity contribution in [1.82, 2.24) is 25.3 Å². The van der Waals surface area contributed by atoms with E-state index in [4.69, 9.17) is 0 Å². The Hall–Kier alpha value is -3.22. The lowest BCUT2D eigenvalue weighted by Crippen LogP contribution is -2.30. The number of hydrogen-bond acceptors (Lipinski definition) is 8. The molecular weight excluding hydrogens is 440 g/mol. The van der Waals surface area contributed by atoms with Crippen molar-refractivity contribution in [2.45, 2.75) is 9.92 Å². The highest BCUT2D eigenvalue weighted by atomic mass is 32.2. The van der Waals surface area contributed by atoms with Crippen LogP contribution >= 0.6 is 11.8 Å². The summed E-state index contributed by atoms with van der Waals surface area (Å²) < 4.78 is 32.6. The molecule has 10 nitrogen and oxygen atoms in total. The fourth-order valence-corrected chi connectivity index (χ4v) is 4.58. The van der Waals surface area contributed by atoms with Gasteiger partial charge in [0.1, 0.15) is 21.8 Å². The highest BCUT2D eigenvalue weighted by Gasteiger charge is 2.15. The number of rotatable bonds is 8. The van der Waals surface area contributed by atoms with E-state index in [1.165, 1.54) is 30.5 Å². The second-order valence-electron chi connectivity index (χ2n) is 6.48. The summed E-state index contributed by atoms with van der Waals surface area (Å²) in [5.41, 5.74) is 1.95. The van der Waals surface area contributed by atoms with Gasteiger partial charge in [0.15, 0.2) is 5.65 Å². The molecule has 0 saturated heterocycles. The second-order valence-corrected chi connectivity index (χ2v) is 8.83. The number of carbonyl (C=O) groups excluding carboxylic acids is 1. The smallest absolute Gasteiger partial charge is 0.295 e. The topological polar surface area (TPSA) is 150 Å². The number of hydrogen-bond donors (Lipinski definition) is 4. The van der Waals surface area contributed by atoms with Gasteiger partial charge in [0.25, 0.3) is 10.1 Å². The summed E-state index contributed by atoms with van der Waals surface area (Å²) >= 11 is 1.28. The van der Waals surface area contributed by atoms with Crippen LogP contribution in [0.5, 0.6) is 0 Å². The van der Waals surface area contributed by atoms with Crippen LogP contribution in [0.1, 0.15) is 0 Å². The number of carbonyl (C=O) groups is 1. The molecule has 2 heterocycles. The second kappa shape index (κ2) is 8.88. The average molecular weight is 459 g/mol. The van der Waals surface area contributed by atoms with E-state index in [2.05, 4.69) is 30.6 Å². The van der Waals surface area contributed by atoms with Crippen LogP contribution < -0.4 is 10.6 Å². The lowest BCUT2D eigenvalue weighted by Gasteiger charge is -2.12. The largest absolute Gasteiger partial charge is 0.383 e. The summed E-state index contributed by atoms with van der Waals surface area (Å²) in [6, 6.07) is 9.82. The molecule has 0 aliphatic carbocycles. The number of imidazole rings is 1. The van der Waals surface area contributed by atoms with Gasteiger partial charge in [-0.25, -0.2) is 15.0 Å². The van der Waals surface area contributed by atoms with Crippen LogP contribution in [0, 0.1) is 0 Å². The summed E-state index contributed by atoms with van der Waals surface area (Å²) in [5.74, 6) is 0.0333. The number of nitrogens with zero attached hydrogens (tertiary/aromatic N) is 3. The van der Waals surface area contributed by atoms with E-state index < -0.39 is 10.1 Å². The minimum Gasteiger partial charge on any atom is -0.383 e. The molecule has 0 spiro atoms. The fraction of sp³-hybridized carbons (Fsp3) is 0.158. The van der Waals surface area contributed by atoms with Crippen molar-refractivity contribution in [1.29, 1.82) is 0 Å². The third-order valence-electron chi connectivity index (χ3n) is 4.45. The van der Waals surface area contributed by atoms with Crippen LogP contribution in [0.3, 0.4) is 0 Å². The number of anilines is 1. The average Bonchev–Trinajstić information content (AvgIpc) is 3.23. The molecule has 160 valence electrons. The van der Waals surface area contributed by atoms with E-state index in [9.17, 15) is 17.8 Å². The Morgan fingerprint density at radius 1 is 1.06 bits per heavy atom. The Balaban J connectivity index is 1.32. The SMILES string of the molecule is O=C(CSc1ncnc2[nH]cnc12)NCCNc1cccc2c(S(=O)(=O)O)cccc12. The lowest BCUT2D eigenvalue weighted by molar-refractivity contribution is -0.118. The first kappa shape index (κ1) is 21.0. The molecule has 31 heavy (non-hydrogen) atoms. The molecule has 0 aliphatic heterocycles. The van der Waals surface area contributed by atoms with Crippen LogP contribution in [-0.2, 0) is 14.9 Å². The van der Waals surface area contributed by atoms with Gasteiger partial charge >= 0.3 is 0 Å². The third-order valence-corrected chi connectivity index (χ3v) is 6.34. The quantitative estimate of drug-likeness (QED) is 0.135. The van der Waals surface area contributed by atoms with Crippen LogP contribution in [0.25, 0.3) is 21.9 Å². The molecule has 12 heteroatoms. The number of thioether (sulfide) groups is 1. The number of aromatic nitrogens is 4. The molecule has 2 aromatic carbocycles. The van der Waals surface area contributed by atoms with Gasteiger partial charge in [-0.2, -0.15) is 8.42 Å². The van der Waals surface area contributed by atoms with E-state index in [1.807, 2.05) is 0 Å². The molecule has 2 aromatic heterocycles. The number of H-pyrrole nitrogens is 1. The van der Waals surface area contributed by atoms with E-state index >= 15 is 0 Å². The summed E-state index contributed by atoms with van der Waals surface area (Å²) in [6.45, 7) is 0.804. The molecule has 4 rings (SSSR count). The van der Waals surface area contributed by atoms with Crippen LogP contribution in [0.4, 0.5) is 5.69 Å². The first-order chi connectivity index (χ1) is 14.9. The van der Waals surface area contributed by atoms with Gasteiger partial charge in [0.2, 0.25) is 5.91 Å². The molecule has 0 bridgehead atoms. The summed E-state index contributed by atoms with van der Waals surface area (Å²) in [7, 11) is -4.32. The van der Waals surface area contributed by atoms with E-state index in [0.717, 1.165) is 0 Å². The Morgan fingerprint density at radius 3 is 2.71 bits per heavy atom. The van der Waals surface area contributed by atoms with Crippen molar-refractivity contribution < 1.29 is 17.8 Å². The fourth-order valence-electron chi connectivity index (χ4n) is 3.09. The number of amides is 1. The van der Waals surface area contributed by atoms with Gasteiger partial charge in [-0.3, -0.25) is 9.35 Å². The van der Waals surface area contributed by atoms with Crippen molar-refractivity contribution in [3.05, 3.63) is 49.1 Å². The maximum atomic E-state index is 12.1. The van der Waals surface area contributed by atoms with E-state index in [1.54, 1.807) is 30.3 Å². The zero-order valence-corrected chi connectivity index (χ0v) is 17.7. The van der Waals surface area contributed by atoms with Gasteiger partial charge in [-0.1, -0.05) is 36.0 Å². The Kier molecular flexibility index (Phi) is 6.02. The van der Waals surface area contributed by atoms with Crippen molar-refractivity contribution in [3.8, 4) is 0 Å². The van der Waals surface area contributed by atoms with Crippen LogP contribution in [-0.4, -0.2) is 57.7 Å². The van der Waals surface area contributed by atoms with Crippen molar-refractivity contribution >= 4 is 55.4 Å². The highest BCUT2D eigenvalue weighted by Crippen LogP contribution is 2.28. The molecular formula is C19H18N6O4S2. The summed E-state index contributed by atoms with van der Waals surface area (Å²) in [5, 5.41) is 7.71. The van der Waals surface area contributed by atoms with Crippen molar-refractivity contribution in [2.24, 2.45) is 0 Å². The molecule has 4 N–H and O–H groups in total. The Morgan fingerprint density at radius 2 is 1.87 bits per heavy atom. The van der Waals surface area contributed by atoms with Crippen LogP contribution in [0.2, 0.25) is 0 Å². The lowest BCUT2D eigenvalue weighted by atomic mass is 10.1. The van der Waals surface area contributed by atoms with Gasteiger partial charge in [0.05, 0.1) is 12.1 Å². The highest BCUT2D eigenvalue weighted by molar-refractivity contribution is 8.00. The molecule has 0 saturated carbocycles. The van der Waals surface area contributed by atoms with Gasteiger partial charge in [-0.05, 0) is 12.1 Å². The predicted octanol–water partition coefficient (Wildman–Crippen LogP) is 2.07. The maximum Gasteiger partial charge on any atom is 0.295 e. The van der Waals surface area contributed by atoms with Gasteiger partial charge in [-0.15, -0.1) is 0 Å². The minimum atomic E-state index is -4.32. The predicted molar refractivity (Wildman–Crippen MR) is 118 cm³/mol. The molecule has 1 amide bonds. The molecule has 0 atom stereocenters. The normalized spacial score (nSPS) is 11.6. The molecule has 0 unspecified atom stereocenters. The molecule has 0 radical (unpaired) electrons. The van der Waals surface area contributed by atoms with E-state index in [0.29, 0.717) is 45.7 Å². The maximum absolute atomic E-state index is 12.1. The summed E-state index contributed by atoms with van der Waals surface area (Å²) in [6.07, 6.45) is 2.95. The Bertz CT molecular complexity index is 1360. The van der Waals surface area contributed by atoms with Crippen molar-refractivity contribution in [2.75, 3.05) is 24.2 Å². The third kappa shape index (κ3) is 4.76. The number of benzene rings is 2.